The number of benzene rings is 4. The molecule has 662 valence electrons. The third-order valence-electron chi connectivity index (χ3n) is 16.7. The van der Waals surface area contributed by atoms with E-state index in [1.165, 1.54) is 0 Å². The zero-order chi connectivity index (χ0) is 92.2. The molecule has 0 spiro atoms. The first kappa shape index (κ1) is 100.0. The second-order valence-corrected chi connectivity index (χ2v) is 25.7. The molecule has 1 aliphatic rings. The van der Waals surface area contributed by atoms with Crippen molar-refractivity contribution >= 4 is 95.9 Å². The van der Waals surface area contributed by atoms with Crippen LogP contribution < -0.4 is 9.47 Å². The van der Waals surface area contributed by atoms with Gasteiger partial charge in [-0.1, -0.05) is 139 Å². The number of fused-ring (bicyclic) bond motifs is 3. The van der Waals surface area contributed by atoms with Gasteiger partial charge in [0.1, 0.15) is 117 Å². The fourth-order valence-corrected chi connectivity index (χ4v) is 11.1. The number of aliphatic carboxylic acids is 2. The minimum Gasteiger partial charge on any atom is -0.490 e. The minimum atomic E-state index is -2.50. The number of ether oxygens (including phenoxy) is 20. The second kappa shape index (κ2) is 49.8. The molecule has 4 aromatic carbocycles. The first-order valence-corrected chi connectivity index (χ1v) is 36.5. The van der Waals surface area contributed by atoms with Gasteiger partial charge in [-0.05, 0) is 57.6 Å². The lowest BCUT2D eigenvalue weighted by Crippen LogP contribution is -2.59. The van der Waals surface area contributed by atoms with Crippen LogP contribution in [-0.2, 0) is 158 Å². The van der Waals surface area contributed by atoms with Gasteiger partial charge in [-0.15, -0.1) is 0 Å². The number of carbonyl (C=O) groups is 16. The van der Waals surface area contributed by atoms with Crippen molar-refractivity contribution in [3.05, 3.63) is 270 Å². The van der Waals surface area contributed by atoms with Crippen molar-refractivity contribution in [2.75, 3.05) is 106 Å². The van der Waals surface area contributed by atoms with Gasteiger partial charge < -0.3 is 105 Å². The molecule has 0 saturated carbocycles. The summed E-state index contributed by atoms with van der Waals surface area (Å²) < 4.78 is 110. The zero-order valence-electron chi connectivity index (χ0n) is 67.0. The summed E-state index contributed by atoms with van der Waals surface area (Å²) in [6.45, 7) is 17.6. The molecule has 5 rings (SSSR count). The zero-order valence-corrected chi connectivity index (χ0v) is 67.0. The van der Waals surface area contributed by atoms with E-state index in [1.807, 2.05) is 48.5 Å². The topological polar surface area (TPSA) is 498 Å². The molecule has 0 radical (unpaired) electrons. The number of rotatable bonds is 56. The standard InChI is InChI=1S/C87H86O38/c1-11-69(92)110-45-83(46-111-70(93)12-2,47-112-71(94)13-3)124-85(51-116-75(98)17-7,52-117-76(99)18-8)55-120-81(104)108-43-61(122-79(102)39-37-67(88)89)41-106-59-33-29-57(30-34-59)87(65-27-23-21-25-63(65)64-26-22-24-28-66(64)87)58-31-35-60(36-32-58)107-42-62(123-80(103)40-38-68(90)91)44-109-82(105)121-56-86(53-118-77(100)19-9,54-119-78(101)20-10)125-84(48-113-72(95)14-4,49-114-73(96)15-5)50-115-74(97)16-6/h11-40,61-62H,1-10,41-56H2,(H,88,89)(H,90,91)/b39-37-,40-38-. The van der Waals surface area contributed by atoms with Gasteiger partial charge in [0, 0.05) is 85.1 Å². The number of carboxylic acid groups (broad SMARTS) is 2. The Balaban J connectivity index is 1.50. The molecule has 38 heteroatoms. The number of hydrogen-bond donors (Lipinski definition) is 2. The summed E-state index contributed by atoms with van der Waals surface area (Å²) >= 11 is 0. The van der Waals surface area contributed by atoms with Crippen molar-refractivity contribution in [1.82, 2.24) is 0 Å². The van der Waals surface area contributed by atoms with Crippen LogP contribution in [0.2, 0.25) is 0 Å². The number of carbonyl (C=O) groups excluding carboxylic acids is 14. The highest BCUT2D eigenvalue weighted by Gasteiger charge is 2.52. The molecule has 2 atom stereocenters. The Bertz CT molecular complexity index is 4290. The van der Waals surface area contributed by atoms with Gasteiger partial charge in [0.15, 0.2) is 34.6 Å². The van der Waals surface area contributed by atoms with E-state index in [9.17, 15) is 86.9 Å². The van der Waals surface area contributed by atoms with E-state index in [1.54, 1.807) is 48.5 Å². The summed E-state index contributed by atoms with van der Waals surface area (Å²) in [4.78, 5) is 203. The average molecular weight is 1740 g/mol. The lowest BCUT2D eigenvalue weighted by molar-refractivity contribution is -0.252. The van der Waals surface area contributed by atoms with E-state index in [-0.39, 0.29) is 11.5 Å². The molecule has 2 N–H and O–H groups in total. The Kier molecular flexibility index (Phi) is 39.9. The van der Waals surface area contributed by atoms with Crippen molar-refractivity contribution in [2.45, 2.75) is 40.0 Å². The van der Waals surface area contributed by atoms with Crippen molar-refractivity contribution < 1.29 is 182 Å². The molecule has 4 aromatic rings. The van der Waals surface area contributed by atoms with Crippen molar-refractivity contribution in [3.8, 4) is 22.6 Å². The van der Waals surface area contributed by atoms with Crippen LogP contribution in [0.1, 0.15) is 22.3 Å². The Hall–Kier alpha value is -15.6. The summed E-state index contributed by atoms with van der Waals surface area (Å²) in [5, 5.41) is 18.6. The third-order valence-corrected chi connectivity index (χ3v) is 16.7. The largest absolute Gasteiger partial charge is 0.508 e. The van der Waals surface area contributed by atoms with Crippen LogP contribution in [0.15, 0.2) is 248 Å². The van der Waals surface area contributed by atoms with Gasteiger partial charge in [-0.2, -0.15) is 0 Å². The quantitative estimate of drug-likeness (QED) is 0.0238. The highest BCUT2D eigenvalue weighted by Crippen LogP contribution is 2.56. The fraction of sp³-hybridized carbons (Fsp3) is 0.264. The van der Waals surface area contributed by atoms with Gasteiger partial charge in [0.25, 0.3) is 0 Å². The van der Waals surface area contributed by atoms with E-state index in [2.05, 4.69) is 65.8 Å². The smallest absolute Gasteiger partial charge is 0.490 e. The molecular formula is C87H86O38. The molecule has 38 nitrogen and oxygen atoms in total. The Morgan fingerprint density at radius 3 is 0.728 bits per heavy atom. The Morgan fingerprint density at radius 1 is 0.280 bits per heavy atom. The van der Waals surface area contributed by atoms with Gasteiger partial charge >= 0.3 is 95.9 Å². The van der Waals surface area contributed by atoms with Gasteiger partial charge in [0.05, 0.1) is 5.41 Å². The van der Waals surface area contributed by atoms with Crippen LogP contribution in [-0.4, -0.2) is 246 Å². The molecule has 0 fully saturated rings. The summed E-state index contributed by atoms with van der Waals surface area (Å²) in [7, 11) is 0. The SMILES string of the molecule is C=CC(=O)OCC(COC(=O)C=C)(COC(=O)C=C)OC(COC(=O)C=C)(COC(=O)C=C)COC(=O)OCC(COc1ccc(C2(c3ccc(OCC(COC(=O)OCC(COC(=O)C=C)(COC(=O)C=C)OC(COC(=O)C=C)(COC(=O)C=C)COC(=O)C=C)OC(=O)/C=C\C(=O)O)cc3)c3ccccc3-c3ccccc32)cc1)OC(=O)/C=C\C(=O)O. The van der Waals surface area contributed by atoms with Gasteiger partial charge in [-0.3, -0.25) is 0 Å². The lowest BCUT2D eigenvalue weighted by Gasteiger charge is -2.41. The molecule has 0 aromatic heterocycles. The van der Waals surface area contributed by atoms with E-state index in [0.717, 1.165) is 58.7 Å². The van der Waals surface area contributed by atoms with Crippen LogP contribution in [0.3, 0.4) is 0 Å². The van der Waals surface area contributed by atoms with Crippen molar-refractivity contribution in [1.29, 1.82) is 0 Å². The maximum absolute atomic E-state index is 13.8. The predicted octanol–water partition coefficient (Wildman–Crippen LogP) is 6.50. The first-order chi connectivity index (χ1) is 59.7. The molecule has 0 saturated heterocycles. The Morgan fingerprint density at radius 2 is 0.504 bits per heavy atom. The molecule has 0 bridgehead atoms. The van der Waals surface area contributed by atoms with Gasteiger partial charge in [0.2, 0.25) is 0 Å². The molecule has 0 aliphatic heterocycles. The lowest BCUT2D eigenvalue weighted by atomic mass is 9.68. The highest BCUT2D eigenvalue weighted by atomic mass is 16.8. The van der Waals surface area contributed by atoms with E-state index in [4.69, 9.17) is 94.7 Å². The molecule has 0 heterocycles. The molecule has 1 aliphatic carbocycles. The molecule has 0 amide bonds. The third kappa shape index (κ3) is 31.8. The fourth-order valence-electron chi connectivity index (χ4n) is 11.1. The van der Waals surface area contributed by atoms with Gasteiger partial charge in [-0.25, -0.2) is 76.7 Å². The molecule has 125 heavy (non-hydrogen) atoms. The van der Waals surface area contributed by atoms with Crippen molar-refractivity contribution in [3.63, 3.8) is 0 Å². The maximum atomic E-state index is 13.8. The summed E-state index contributed by atoms with van der Waals surface area (Å²) in [6, 6.07) is 28.1. The van der Waals surface area contributed by atoms with Crippen LogP contribution in [0.4, 0.5) is 9.59 Å². The maximum Gasteiger partial charge on any atom is 0.508 e. The summed E-state index contributed by atoms with van der Waals surface area (Å²) in [6.07, 6.45) is 2.68. The van der Waals surface area contributed by atoms with E-state index < -0.39 is 242 Å². The van der Waals surface area contributed by atoms with E-state index >= 15 is 0 Å². The van der Waals surface area contributed by atoms with Crippen molar-refractivity contribution in [2.24, 2.45) is 0 Å². The second-order valence-electron chi connectivity index (χ2n) is 25.7. The van der Waals surface area contributed by atoms with Crippen LogP contribution in [0.5, 0.6) is 11.5 Å². The summed E-state index contributed by atoms with van der Waals surface area (Å²) in [5.74, 6) is -16.6. The normalized spacial score (nSPS) is 12.1. The van der Waals surface area contributed by atoms with E-state index in [0.29, 0.717) is 59.7 Å². The first-order valence-electron chi connectivity index (χ1n) is 36.5. The number of esters is 12. The number of carboxylic acids is 2. The minimum absolute atomic E-state index is 0.103. The Labute approximate surface area is 713 Å². The average Bonchev–Trinajstić information content (AvgIpc) is 1.54. The number of hydrogen-bond acceptors (Lipinski definition) is 36. The predicted molar refractivity (Wildman–Crippen MR) is 427 cm³/mol. The molecular weight excluding hydrogens is 1650 g/mol. The summed E-state index contributed by atoms with van der Waals surface area (Å²) in [5.41, 5.74) is -6.50. The van der Waals surface area contributed by atoms with Crippen LogP contribution in [0.25, 0.3) is 11.1 Å². The van der Waals surface area contributed by atoms with Crippen LogP contribution >= 0.6 is 0 Å². The molecule has 2 unspecified atom stereocenters. The van der Waals surface area contributed by atoms with Crippen LogP contribution in [0, 0.1) is 0 Å². The monoisotopic (exact) mass is 1740 g/mol. The highest BCUT2D eigenvalue weighted by molar-refractivity contribution is 5.92.